The Bertz CT molecular complexity index is 1210. The number of benzene rings is 1. The maximum atomic E-state index is 13.1. The van der Waals surface area contributed by atoms with E-state index >= 15 is 0 Å². The van der Waals surface area contributed by atoms with Crippen LogP contribution in [-0.2, 0) is 27.4 Å². The summed E-state index contributed by atoms with van der Waals surface area (Å²) in [5, 5.41) is 5.52. The van der Waals surface area contributed by atoms with Gasteiger partial charge >= 0.3 is 6.03 Å². The molecule has 0 unspecified atom stereocenters. The number of amidine groups is 1. The number of aryl methyl sites for hydroxylation is 2. The Morgan fingerprint density at radius 3 is 2.52 bits per heavy atom. The molecule has 1 spiro atoms. The Kier molecular flexibility index (Phi) is 8.58. The van der Waals surface area contributed by atoms with Crippen LogP contribution in [0.2, 0.25) is 0 Å². The van der Waals surface area contributed by atoms with Gasteiger partial charge in [0.15, 0.2) is 0 Å². The smallest absolute Gasteiger partial charge is 0.329 e. The summed E-state index contributed by atoms with van der Waals surface area (Å²) in [5.74, 6) is 1.19. The lowest BCUT2D eigenvalue weighted by atomic mass is 9.80. The van der Waals surface area contributed by atoms with Gasteiger partial charge in [0.25, 0.3) is 17.9 Å². The van der Waals surface area contributed by atoms with Crippen molar-refractivity contribution in [2.75, 3.05) is 30.3 Å². The van der Waals surface area contributed by atoms with Crippen LogP contribution >= 0.6 is 0 Å². The number of aliphatic imine (C=N–C) groups is 1. The van der Waals surface area contributed by atoms with E-state index in [1.165, 1.54) is 0 Å². The van der Waals surface area contributed by atoms with Gasteiger partial charge < -0.3 is 15.2 Å². The van der Waals surface area contributed by atoms with Crippen molar-refractivity contribution in [2.24, 2.45) is 16.8 Å². The topological polar surface area (TPSA) is 117 Å². The zero-order chi connectivity index (χ0) is 28.4. The first-order valence-electron chi connectivity index (χ1n) is 13.9. The number of amides is 4. The number of carbonyl (C=O) groups excluding carboxylic acids is 3. The summed E-state index contributed by atoms with van der Waals surface area (Å²) >= 11 is -1.22. The predicted molar refractivity (Wildman–Crippen MR) is 148 cm³/mol. The van der Waals surface area contributed by atoms with Crippen LogP contribution in [0.25, 0.3) is 0 Å². The summed E-state index contributed by atoms with van der Waals surface area (Å²) in [6.07, 6.45) is 4.72. The molecule has 1 aliphatic carbocycles. The predicted octanol–water partition coefficient (Wildman–Crippen LogP) is 3.60. The SMILES string of the molecule is Cc1cc(N2C(=O)CNC2=O)ccc1CC[S@+]([O-])N1CCC2(CC1)N=C([C@H]1CC[C@H](CC=C(F)F)CC1)NC2=O. The number of allylic oxidation sites excluding steroid dienone is 1. The van der Waals surface area contributed by atoms with Crippen molar-refractivity contribution in [3.8, 4) is 0 Å². The number of rotatable bonds is 8. The number of nitrogens with one attached hydrogen (secondary N) is 2. The lowest BCUT2D eigenvalue weighted by molar-refractivity contribution is -0.125. The van der Waals surface area contributed by atoms with Gasteiger partial charge in [0.2, 0.25) is 0 Å². The molecule has 1 saturated carbocycles. The van der Waals surface area contributed by atoms with E-state index in [1.54, 1.807) is 12.1 Å². The second-order valence-electron chi connectivity index (χ2n) is 11.1. The Balaban J connectivity index is 1.11. The number of nitrogens with zero attached hydrogens (tertiary/aromatic N) is 3. The molecule has 5 rings (SSSR count). The van der Waals surface area contributed by atoms with Crippen molar-refractivity contribution < 1.29 is 27.7 Å². The minimum Gasteiger partial charge on any atom is -0.598 e. The molecule has 1 aromatic rings. The summed E-state index contributed by atoms with van der Waals surface area (Å²) in [5.41, 5.74) is 1.64. The van der Waals surface area contributed by atoms with Crippen molar-refractivity contribution in [1.82, 2.24) is 14.9 Å². The van der Waals surface area contributed by atoms with Gasteiger partial charge in [0.1, 0.15) is 17.1 Å². The number of piperidine rings is 1. The fraction of sp³-hybridized carbons (Fsp3) is 0.571. The maximum absolute atomic E-state index is 13.1. The molecule has 0 bridgehead atoms. The standard InChI is InChI=1S/C28H35F2N5O4S/c1-18-16-22(35-24(36)17-31-27(35)38)8-7-20(18)10-15-40(39)34-13-11-28(12-14-34)26(37)32-25(33-28)21-5-2-19(3-6-21)4-9-23(29)30/h7-9,16,19,21H,2-6,10-15,17H2,1H3,(H,31,38)(H,32,33,37)/t19-,21-,40-/m0/s1. The van der Waals surface area contributed by atoms with Crippen LogP contribution in [0.15, 0.2) is 35.3 Å². The third-order valence-electron chi connectivity index (χ3n) is 8.65. The van der Waals surface area contributed by atoms with E-state index in [9.17, 15) is 27.7 Å². The van der Waals surface area contributed by atoms with Gasteiger partial charge in [-0.05, 0) is 87.1 Å². The van der Waals surface area contributed by atoms with Crippen molar-refractivity contribution in [3.05, 3.63) is 41.5 Å². The molecule has 2 N–H and O–H groups in total. The van der Waals surface area contributed by atoms with Crippen molar-refractivity contribution >= 4 is 40.7 Å². The Labute approximate surface area is 235 Å². The number of imide groups is 1. The van der Waals surface area contributed by atoms with Crippen molar-refractivity contribution in [3.63, 3.8) is 0 Å². The molecule has 3 aliphatic heterocycles. The van der Waals surface area contributed by atoms with Gasteiger partial charge in [0, 0.05) is 36.8 Å². The normalized spacial score (nSPS) is 25.6. The van der Waals surface area contributed by atoms with Crippen LogP contribution in [0.5, 0.6) is 0 Å². The molecule has 0 radical (unpaired) electrons. The van der Waals surface area contributed by atoms with Crippen LogP contribution in [-0.4, -0.2) is 63.5 Å². The number of hydrogen-bond acceptors (Lipinski definition) is 6. The van der Waals surface area contributed by atoms with Gasteiger partial charge in [-0.1, -0.05) is 6.07 Å². The molecule has 40 heavy (non-hydrogen) atoms. The number of anilines is 1. The van der Waals surface area contributed by atoms with Gasteiger partial charge in [-0.25, -0.2) is 9.69 Å². The fourth-order valence-electron chi connectivity index (χ4n) is 6.17. The molecule has 1 aromatic carbocycles. The van der Waals surface area contributed by atoms with E-state index in [4.69, 9.17) is 4.99 Å². The Morgan fingerprint density at radius 2 is 1.90 bits per heavy atom. The van der Waals surface area contributed by atoms with E-state index in [-0.39, 0.29) is 30.2 Å². The highest BCUT2D eigenvalue weighted by Gasteiger charge is 2.48. The second kappa shape index (κ2) is 12.0. The third kappa shape index (κ3) is 6.08. The number of hydrogen-bond donors (Lipinski definition) is 2. The molecular formula is C28H35F2N5O4S. The average Bonchev–Trinajstić information content (AvgIpc) is 3.44. The van der Waals surface area contributed by atoms with Gasteiger partial charge in [-0.15, -0.1) is 4.31 Å². The lowest BCUT2D eigenvalue weighted by Crippen LogP contribution is -2.51. The zero-order valence-electron chi connectivity index (χ0n) is 22.6. The van der Waals surface area contributed by atoms with E-state index in [0.29, 0.717) is 50.2 Å². The number of urea groups is 1. The first-order valence-corrected chi connectivity index (χ1v) is 15.2. The Hall–Kier alpha value is -2.83. The molecule has 3 heterocycles. The molecule has 1 atom stereocenters. The first kappa shape index (κ1) is 28.7. The summed E-state index contributed by atoms with van der Waals surface area (Å²) < 4.78 is 39.8. The fourth-order valence-corrected chi connectivity index (χ4v) is 7.41. The highest BCUT2D eigenvalue weighted by atomic mass is 32.2. The van der Waals surface area contributed by atoms with Gasteiger partial charge in [-0.3, -0.25) is 14.6 Å². The average molecular weight is 576 g/mol. The molecule has 3 fully saturated rings. The second-order valence-corrected chi connectivity index (χ2v) is 12.7. The largest absolute Gasteiger partial charge is 0.598 e. The summed E-state index contributed by atoms with van der Waals surface area (Å²) in [6.45, 7) is 2.92. The minimum absolute atomic E-state index is 0.00505. The maximum Gasteiger partial charge on any atom is 0.329 e. The van der Waals surface area contributed by atoms with Gasteiger partial charge in [-0.2, -0.15) is 8.78 Å². The Morgan fingerprint density at radius 1 is 1.18 bits per heavy atom. The molecule has 4 aliphatic rings. The monoisotopic (exact) mass is 575 g/mol. The quantitative estimate of drug-likeness (QED) is 0.363. The van der Waals surface area contributed by atoms with Crippen molar-refractivity contribution in [2.45, 2.75) is 63.8 Å². The molecule has 2 saturated heterocycles. The van der Waals surface area contributed by atoms with E-state index in [0.717, 1.165) is 53.6 Å². The van der Waals surface area contributed by atoms with Crippen molar-refractivity contribution in [1.29, 1.82) is 0 Å². The summed E-state index contributed by atoms with van der Waals surface area (Å²) in [7, 11) is 0. The highest BCUT2D eigenvalue weighted by molar-refractivity contribution is 7.89. The van der Waals surface area contributed by atoms with E-state index < -0.39 is 29.0 Å². The molecule has 216 valence electrons. The highest BCUT2D eigenvalue weighted by Crippen LogP contribution is 2.37. The van der Waals surface area contributed by atoms with Crippen LogP contribution in [0.4, 0.5) is 19.3 Å². The van der Waals surface area contributed by atoms with Crippen LogP contribution in [0.1, 0.15) is 56.1 Å². The van der Waals surface area contributed by atoms with E-state index in [2.05, 4.69) is 10.6 Å². The molecule has 9 nitrogen and oxygen atoms in total. The van der Waals surface area contributed by atoms with Gasteiger partial charge in [0.05, 0.1) is 12.2 Å². The number of halogens is 2. The molecule has 4 amide bonds. The van der Waals surface area contributed by atoms with Crippen LogP contribution in [0, 0.1) is 18.8 Å². The summed E-state index contributed by atoms with van der Waals surface area (Å²) in [6, 6.07) is 4.98. The minimum atomic E-state index is -1.62. The zero-order valence-corrected chi connectivity index (χ0v) is 23.4. The molecular weight excluding hydrogens is 540 g/mol. The third-order valence-corrected chi connectivity index (χ3v) is 10.1. The summed E-state index contributed by atoms with van der Waals surface area (Å²) in [4.78, 5) is 42.9. The molecule has 0 aromatic heterocycles. The van der Waals surface area contributed by atoms with Crippen LogP contribution in [0.3, 0.4) is 0 Å². The first-order chi connectivity index (χ1) is 19.1. The molecule has 12 heteroatoms. The lowest BCUT2D eigenvalue weighted by Gasteiger charge is -2.35. The van der Waals surface area contributed by atoms with E-state index in [1.807, 2.05) is 17.3 Å². The van der Waals surface area contributed by atoms with Crippen LogP contribution < -0.4 is 15.5 Å². The number of carbonyl (C=O) groups is 3.